The van der Waals surface area contributed by atoms with Crippen molar-refractivity contribution in [3.63, 3.8) is 0 Å². The number of halogens is 1. The van der Waals surface area contributed by atoms with E-state index in [4.69, 9.17) is 16.6 Å². The average Bonchev–Trinajstić information content (AvgIpc) is 3.19. The standard InChI is InChI=1S/C24H27ClN4OS/c1-17-15-19-22(31-17)8-9-26-23(19)29-10-4-5-18(16-29)24(30)28-13-11-27(12-14-28)21-7-3-2-6-20(21)25/h2-3,6-9,15,18H,4-5,10-14,16H2,1H3/t18-/m1/s1. The minimum Gasteiger partial charge on any atom is -0.367 e. The highest BCUT2D eigenvalue weighted by Crippen LogP contribution is 2.34. The molecule has 7 heteroatoms. The van der Waals surface area contributed by atoms with Crippen molar-refractivity contribution in [2.75, 3.05) is 49.1 Å². The summed E-state index contributed by atoms with van der Waals surface area (Å²) in [5.74, 6) is 1.36. The topological polar surface area (TPSA) is 39.7 Å². The van der Waals surface area contributed by atoms with Crippen LogP contribution in [0.4, 0.5) is 11.5 Å². The van der Waals surface area contributed by atoms with Crippen LogP contribution in [0.5, 0.6) is 0 Å². The van der Waals surface area contributed by atoms with Crippen LogP contribution in [0.15, 0.2) is 42.6 Å². The van der Waals surface area contributed by atoms with E-state index in [2.05, 4.69) is 34.9 Å². The highest BCUT2D eigenvalue weighted by molar-refractivity contribution is 7.19. The van der Waals surface area contributed by atoms with Crippen molar-refractivity contribution < 1.29 is 4.79 Å². The Morgan fingerprint density at radius 3 is 2.71 bits per heavy atom. The molecule has 5 nitrogen and oxygen atoms in total. The number of nitrogens with zero attached hydrogens (tertiary/aromatic N) is 4. The molecule has 2 aliphatic rings. The maximum Gasteiger partial charge on any atom is 0.227 e. The number of piperazine rings is 1. The molecule has 0 spiro atoms. The van der Waals surface area contributed by atoms with Crippen LogP contribution in [0.2, 0.25) is 5.02 Å². The van der Waals surface area contributed by atoms with Crippen LogP contribution in [-0.4, -0.2) is 55.1 Å². The fraction of sp³-hybridized carbons (Fsp3) is 0.417. The average molecular weight is 455 g/mol. The van der Waals surface area contributed by atoms with Gasteiger partial charge in [-0.2, -0.15) is 0 Å². The number of fused-ring (bicyclic) bond motifs is 1. The molecule has 0 saturated carbocycles. The van der Waals surface area contributed by atoms with Crippen molar-refractivity contribution in [2.24, 2.45) is 5.92 Å². The Bertz CT molecular complexity index is 1090. The fourth-order valence-electron chi connectivity index (χ4n) is 4.83. The Morgan fingerprint density at radius 2 is 1.90 bits per heavy atom. The Kier molecular flexibility index (Phi) is 5.76. The molecule has 1 atom stereocenters. The van der Waals surface area contributed by atoms with E-state index in [1.165, 1.54) is 15.0 Å². The van der Waals surface area contributed by atoms with E-state index in [0.717, 1.165) is 68.6 Å². The first kappa shape index (κ1) is 20.6. The van der Waals surface area contributed by atoms with Gasteiger partial charge in [-0.15, -0.1) is 11.3 Å². The lowest BCUT2D eigenvalue weighted by Gasteiger charge is -2.40. The first-order chi connectivity index (χ1) is 15.1. The van der Waals surface area contributed by atoms with Crippen molar-refractivity contribution in [1.82, 2.24) is 9.88 Å². The highest BCUT2D eigenvalue weighted by atomic mass is 35.5. The highest BCUT2D eigenvalue weighted by Gasteiger charge is 2.32. The molecule has 1 aromatic carbocycles. The first-order valence-corrected chi connectivity index (χ1v) is 12.2. The number of aromatic nitrogens is 1. The van der Waals surface area contributed by atoms with Gasteiger partial charge in [0.2, 0.25) is 5.91 Å². The number of aryl methyl sites for hydroxylation is 1. The zero-order valence-electron chi connectivity index (χ0n) is 17.8. The molecule has 5 rings (SSSR count). The second kappa shape index (κ2) is 8.67. The van der Waals surface area contributed by atoms with E-state index >= 15 is 0 Å². The zero-order chi connectivity index (χ0) is 21.4. The summed E-state index contributed by atoms with van der Waals surface area (Å²) in [5, 5.41) is 1.99. The Balaban J connectivity index is 1.25. The van der Waals surface area contributed by atoms with Gasteiger partial charge >= 0.3 is 0 Å². The number of piperidine rings is 1. The second-order valence-corrected chi connectivity index (χ2v) is 10.1. The summed E-state index contributed by atoms with van der Waals surface area (Å²) < 4.78 is 1.27. The molecule has 0 N–H and O–H groups in total. The normalized spacial score (nSPS) is 19.8. The number of carbonyl (C=O) groups is 1. The number of benzene rings is 1. The number of anilines is 2. The Hall–Kier alpha value is -2.31. The molecule has 4 heterocycles. The lowest BCUT2D eigenvalue weighted by atomic mass is 9.96. The lowest BCUT2D eigenvalue weighted by molar-refractivity contribution is -0.136. The van der Waals surface area contributed by atoms with Crippen LogP contribution in [0.1, 0.15) is 17.7 Å². The molecule has 2 fully saturated rings. The minimum absolute atomic E-state index is 0.0393. The SMILES string of the molecule is Cc1cc2c(N3CCC[C@@H](C(=O)N4CCN(c5ccccc5Cl)CC4)C3)nccc2s1. The number of thiophene rings is 1. The van der Waals surface area contributed by atoms with Crippen molar-refractivity contribution in [2.45, 2.75) is 19.8 Å². The van der Waals surface area contributed by atoms with Crippen LogP contribution >= 0.6 is 22.9 Å². The van der Waals surface area contributed by atoms with Crippen molar-refractivity contribution >= 4 is 50.4 Å². The van der Waals surface area contributed by atoms with Gasteiger partial charge in [-0.3, -0.25) is 4.79 Å². The smallest absolute Gasteiger partial charge is 0.227 e. The summed E-state index contributed by atoms with van der Waals surface area (Å²) >= 11 is 8.17. The number of carbonyl (C=O) groups excluding carboxylic acids is 1. The van der Waals surface area contributed by atoms with E-state index in [1.807, 2.05) is 29.3 Å². The second-order valence-electron chi connectivity index (χ2n) is 8.45. The van der Waals surface area contributed by atoms with Crippen molar-refractivity contribution in [1.29, 1.82) is 0 Å². The summed E-state index contributed by atoms with van der Waals surface area (Å²) in [6.07, 6.45) is 3.88. The first-order valence-electron chi connectivity index (χ1n) is 11.0. The van der Waals surface area contributed by atoms with Crippen LogP contribution in [0, 0.1) is 12.8 Å². The van der Waals surface area contributed by atoms with Crippen LogP contribution in [0.25, 0.3) is 10.1 Å². The van der Waals surface area contributed by atoms with E-state index in [0.29, 0.717) is 0 Å². The van der Waals surface area contributed by atoms with Crippen molar-refractivity contribution in [3.8, 4) is 0 Å². The van der Waals surface area contributed by atoms with Gasteiger partial charge < -0.3 is 14.7 Å². The zero-order valence-corrected chi connectivity index (χ0v) is 19.3. The van der Waals surface area contributed by atoms with Gasteiger partial charge in [-0.25, -0.2) is 4.98 Å². The number of amides is 1. The monoisotopic (exact) mass is 454 g/mol. The van der Waals surface area contributed by atoms with Gasteiger partial charge in [-0.1, -0.05) is 23.7 Å². The molecule has 2 saturated heterocycles. The molecule has 2 aromatic heterocycles. The molecule has 1 amide bonds. The van der Waals surface area contributed by atoms with E-state index < -0.39 is 0 Å². The molecule has 0 radical (unpaired) electrons. The molecule has 0 aliphatic carbocycles. The summed E-state index contributed by atoms with van der Waals surface area (Å²) in [7, 11) is 0. The molecule has 2 aliphatic heterocycles. The summed E-state index contributed by atoms with van der Waals surface area (Å²) in [6, 6.07) is 12.3. The Labute approximate surface area is 192 Å². The summed E-state index contributed by atoms with van der Waals surface area (Å²) in [6.45, 7) is 6.99. The van der Waals surface area contributed by atoms with Crippen molar-refractivity contribution in [3.05, 3.63) is 52.5 Å². The minimum atomic E-state index is 0.0393. The third kappa shape index (κ3) is 4.11. The quantitative estimate of drug-likeness (QED) is 0.568. The van der Waals surface area contributed by atoms with Gasteiger partial charge in [0.1, 0.15) is 5.82 Å². The van der Waals surface area contributed by atoms with Crippen LogP contribution in [0.3, 0.4) is 0 Å². The molecule has 31 heavy (non-hydrogen) atoms. The van der Waals surface area contributed by atoms with E-state index in [9.17, 15) is 4.79 Å². The molecular weight excluding hydrogens is 428 g/mol. The molecule has 0 bridgehead atoms. The number of hydrogen-bond donors (Lipinski definition) is 0. The van der Waals surface area contributed by atoms with Gasteiger partial charge in [0.25, 0.3) is 0 Å². The number of rotatable bonds is 3. The third-order valence-corrected chi connectivity index (χ3v) is 7.74. The Morgan fingerprint density at radius 1 is 1.10 bits per heavy atom. The van der Waals surface area contributed by atoms with Gasteiger partial charge in [-0.05, 0) is 44.0 Å². The number of hydrogen-bond acceptors (Lipinski definition) is 5. The summed E-state index contributed by atoms with van der Waals surface area (Å²) in [4.78, 5) is 26.0. The molecule has 3 aromatic rings. The predicted molar refractivity (Wildman–Crippen MR) is 130 cm³/mol. The van der Waals surface area contributed by atoms with E-state index in [1.54, 1.807) is 11.3 Å². The molecular formula is C24H27ClN4OS. The number of para-hydroxylation sites is 1. The fourth-order valence-corrected chi connectivity index (χ4v) is 6.00. The number of pyridine rings is 1. The molecule has 162 valence electrons. The maximum absolute atomic E-state index is 13.3. The van der Waals surface area contributed by atoms with Gasteiger partial charge in [0.15, 0.2) is 0 Å². The largest absolute Gasteiger partial charge is 0.367 e. The van der Waals surface area contributed by atoms with E-state index in [-0.39, 0.29) is 11.8 Å². The van der Waals surface area contributed by atoms with Crippen LogP contribution < -0.4 is 9.80 Å². The van der Waals surface area contributed by atoms with Gasteiger partial charge in [0, 0.05) is 60.4 Å². The third-order valence-electron chi connectivity index (χ3n) is 6.40. The van der Waals surface area contributed by atoms with Gasteiger partial charge in [0.05, 0.1) is 16.6 Å². The summed E-state index contributed by atoms with van der Waals surface area (Å²) in [5.41, 5.74) is 1.06. The predicted octanol–water partition coefficient (Wildman–Crippen LogP) is 4.82. The lowest BCUT2D eigenvalue weighted by Crippen LogP contribution is -2.52. The molecule has 0 unspecified atom stereocenters. The van der Waals surface area contributed by atoms with Crippen LogP contribution in [-0.2, 0) is 4.79 Å². The maximum atomic E-state index is 13.3.